The SMILES string of the molecule is COc1ccc(-c2ccc(CNC(=O)C3CC3C(=O)O)s2)cc1. The van der Waals surface area contributed by atoms with Crippen LogP contribution >= 0.6 is 11.3 Å². The van der Waals surface area contributed by atoms with Crippen molar-refractivity contribution in [1.29, 1.82) is 0 Å². The summed E-state index contributed by atoms with van der Waals surface area (Å²) >= 11 is 1.61. The molecule has 1 heterocycles. The predicted molar refractivity (Wildman–Crippen MR) is 87.4 cm³/mol. The monoisotopic (exact) mass is 331 g/mol. The first-order valence-electron chi connectivity index (χ1n) is 7.32. The Balaban J connectivity index is 1.57. The van der Waals surface area contributed by atoms with E-state index in [1.807, 2.05) is 36.4 Å². The van der Waals surface area contributed by atoms with Crippen LogP contribution in [0.1, 0.15) is 11.3 Å². The molecule has 0 radical (unpaired) electrons. The van der Waals surface area contributed by atoms with Crippen molar-refractivity contribution < 1.29 is 19.4 Å². The third-order valence-electron chi connectivity index (χ3n) is 3.92. The van der Waals surface area contributed by atoms with Gasteiger partial charge in [-0.05, 0) is 48.4 Å². The number of carbonyl (C=O) groups excluding carboxylic acids is 1. The van der Waals surface area contributed by atoms with Gasteiger partial charge < -0.3 is 15.2 Å². The fourth-order valence-corrected chi connectivity index (χ4v) is 3.40. The third kappa shape index (κ3) is 3.53. The summed E-state index contributed by atoms with van der Waals surface area (Å²) in [7, 11) is 1.63. The number of amides is 1. The van der Waals surface area contributed by atoms with Gasteiger partial charge in [-0.1, -0.05) is 0 Å². The van der Waals surface area contributed by atoms with Crippen LogP contribution in [-0.4, -0.2) is 24.1 Å². The summed E-state index contributed by atoms with van der Waals surface area (Å²) in [6.45, 7) is 0.433. The van der Waals surface area contributed by atoms with Gasteiger partial charge in [-0.2, -0.15) is 0 Å². The van der Waals surface area contributed by atoms with Gasteiger partial charge in [-0.3, -0.25) is 9.59 Å². The molecular formula is C17H17NO4S. The lowest BCUT2D eigenvalue weighted by Gasteiger charge is -2.02. The fraction of sp³-hybridized carbons (Fsp3) is 0.294. The van der Waals surface area contributed by atoms with E-state index in [2.05, 4.69) is 5.32 Å². The van der Waals surface area contributed by atoms with Gasteiger partial charge in [-0.15, -0.1) is 11.3 Å². The maximum absolute atomic E-state index is 11.9. The molecule has 6 heteroatoms. The minimum Gasteiger partial charge on any atom is -0.497 e. The molecule has 1 aromatic carbocycles. The molecule has 2 unspecified atom stereocenters. The van der Waals surface area contributed by atoms with Crippen molar-refractivity contribution in [3.8, 4) is 16.2 Å². The Bertz CT molecular complexity index is 722. The number of carboxylic acids is 1. The summed E-state index contributed by atoms with van der Waals surface area (Å²) in [5.74, 6) is -1.11. The van der Waals surface area contributed by atoms with Crippen molar-refractivity contribution in [2.75, 3.05) is 7.11 Å². The summed E-state index contributed by atoms with van der Waals surface area (Å²) in [6, 6.07) is 11.8. The van der Waals surface area contributed by atoms with Gasteiger partial charge in [0, 0.05) is 9.75 Å². The van der Waals surface area contributed by atoms with Crippen molar-refractivity contribution in [2.24, 2.45) is 11.8 Å². The van der Waals surface area contributed by atoms with E-state index >= 15 is 0 Å². The van der Waals surface area contributed by atoms with Crippen molar-refractivity contribution >= 4 is 23.2 Å². The molecule has 3 rings (SSSR count). The lowest BCUT2D eigenvalue weighted by atomic mass is 10.2. The highest BCUT2D eigenvalue weighted by Gasteiger charge is 2.48. The minimum atomic E-state index is -0.886. The molecule has 1 saturated carbocycles. The molecule has 0 bridgehead atoms. The summed E-state index contributed by atoms with van der Waals surface area (Å²) < 4.78 is 5.14. The van der Waals surface area contributed by atoms with Gasteiger partial charge in [-0.25, -0.2) is 0 Å². The standard InChI is InChI=1S/C17H17NO4S/c1-22-11-4-2-10(3-5-11)15-7-6-12(23-15)9-18-16(19)13-8-14(13)17(20)21/h2-7,13-14H,8-9H2,1H3,(H,18,19)(H,20,21). The number of thiophene rings is 1. The van der Waals surface area contributed by atoms with Gasteiger partial charge in [0.25, 0.3) is 0 Å². The number of hydrogen-bond acceptors (Lipinski definition) is 4. The first-order valence-corrected chi connectivity index (χ1v) is 8.14. The molecule has 1 aromatic heterocycles. The van der Waals surface area contributed by atoms with E-state index < -0.39 is 11.9 Å². The molecule has 0 saturated heterocycles. The van der Waals surface area contributed by atoms with Gasteiger partial charge >= 0.3 is 5.97 Å². The van der Waals surface area contributed by atoms with E-state index in [1.165, 1.54) is 0 Å². The van der Waals surface area contributed by atoms with Gasteiger partial charge in [0.15, 0.2) is 0 Å². The quantitative estimate of drug-likeness (QED) is 0.853. The third-order valence-corrected chi connectivity index (χ3v) is 5.05. The number of methoxy groups -OCH3 is 1. The Hall–Kier alpha value is -2.34. The fourth-order valence-electron chi connectivity index (χ4n) is 2.45. The van der Waals surface area contributed by atoms with Crippen LogP contribution in [-0.2, 0) is 16.1 Å². The van der Waals surface area contributed by atoms with Crippen LogP contribution in [0, 0.1) is 11.8 Å². The van der Waals surface area contributed by atoms with Crippen molar-refractivity contribution in [3.63, 3.8) is 0 Å². The Morgan fingerprint density at radius 2 is 1.96 bits per heavy atom. The number of rotatable bonds is 6. The Kier molecular flexibility index (Phi) is 4.34. The first-order chi connectivity index (χ1) is 11.1. The van der Waals surface area contributed by atoms with E-state index in [0.717, 1.165) is 21.1 Å². The van der Waals surface area contributed by atoms with Gasteiger partial charge in [0.1, 0.15) is 5.75 Å². The van der Waals surface area contributed by atoms with E-state index in [9.17, 15) is 9.59 Å². The second-order valence-electron chi connectivity index (χ2n) is 5.50. The van der Waals surface area contributed by atoms with E-state index in [-0.39, 0.29) is 11.8 Å². The van der Waals surface area contributed by atoms with Crippen LogP contribution in [0.2, 0.25) is 0 Å². The Morgan fingerprint density at radius 3 is 2.57 bits per heavy atom. The van der Waals surface area contributed by atoms with Crippen molar-refractivity contribution in [1.82, 2.24) is 5.32 Å². The number of benzene rings is 1. The van der Waals surface area contributed by atoms with E-state index in [0.29, 0.717) is 13.0 Å². The molecule has 120 valence electrons. The zero-order valence-corrected chi connectivity index (χ0v) is 13.4. The highest BCUT2D eigenvalue weighted by molar-refractivity contribution is 7.15. The summed E-state index contributed by atoms with van der Waals surface area (Å²) in [6.07, 6.45) is 0.447. The van der Waals surface area contributed by atoms with Gasteiger partial charge in [0.05, 0.1) is 25.5 Å². The Labute approximate surface area is 137 Å². The minimum absolute atomic E-state index is 0.170. The average Bonchev–Trinajstić information content (AvgIpc) is 3.24. The van der Waals surface area contributed by atoms with Gasteiger partial charge in [0.2, 0.25) is 5.91 Å². The van der Waals surface area contributed by atoms with Crippen LogP contribution in [0.5, 0.6) is 5.75 Å². The lowest BCUT2D eigenvalue weighted by Crippen LogP contribution is -2.25. The van der Waals surface area contributed by atoms with Crippen LogP contribution in [0.15, 0.2) is 36.4 Å². The Morgan fingerprint density at radius 1 is 1.22 bits per heavy atom. The maximum atomic E-state index is 11.9. The molecule has 1 aliphatic carbocycles. The van der Waals surface area contributed by atoms with E-state index in [4.69, 9.17) is 9.84 Å². The zero-order valence-electron chi connectivity index (χ0n) is 12.6. The molecule has 1 aliphatic rings. The maximum Gasteiger partial charge on any atom is 0.307 e. The number of nitrogens with one attached hydrogen (secondary N) is 1. The highest BCUT2D eigenvalue weighted by atomic mass is 32.1. The predicted octanol–water partition coefficient (Wildman–Crippen LogP) is 2.76. The number of aliphatic carboxylic acids is 1. The summed E-state index contributed by atoms with van der Waals surface area (Å²) in [5.41, 5.74) is 1.10. The van der Waals surface area contributed by atoms with Crippen molar-refractivity contribution in [2.45, 2.75) is 13.0 Å². The highest BCUT2D eigenvalue weighted by Crippen LogP contribution is 2.38. The average molecular weight is 331 g/mol. The van der Waals surface area contributed by atoms with Crippen molar-refractivity contribution in [3.05, 3.63) is 41.3 Å². The number of hydrogen-bond donors (Lipinski definition) is 2. The summed E-state index contributed by atoms with van der Waals surface area (Å²) in [5, 5.41) is 11.7. The molecule has 5 nitrogen and oxygen atoms in total. The molecule has 1 fully saturated rings. The molecular weight excluding hydrogens is 314 g/mol. The topological polar surface area (TPSA) is 75.6 Å². The number of carbonyl (C=O) groups is 2. The van der Waals surface area contributed by atoms with Crippen LogP contribution in [0.25, 0.3) is 10.4 Å². The largest absolute Gasteiger partial charge is 0.497 e. The molecule has 0 spiro atoms. The zero-order chi connectivity index (χ0) is 16.4. The smallest absolute Gasteiger partial charge is 0.307 e. The molecule has 23 heavy (non-hydrogen) atoms. The second kappa shape index (κ2) is 6.42. The molecule has 2 N–H and O–H groups in total. The normalized spacial score (nSPS) is 19.2. The van der Waals surface area contributed by atoms with Crippen LogP contribution in [0.4, 0.5) is 0 Å². The number of carboxylic acid groups (broad SMARTS) is 1. The molecule has 1 amide bonds. The van der Waals surface area contributed by atoms with Crippen LogP contribution < -0.4 is 10.1 Å². The number of ether oxygens (including phenoxy) is 1. The summed E-state index contributed by atoms with van der Waals surface area (Å²) in [4.78, 5) is 24.8. The first kappa shape index (κ1) is 15.6. The molecule has 0 aliphatic heterocycles. The van der Waals surface area contributed by atoms with Crippen LogP contribution in [0.3, 0.4) is 0 Å². The molecule has 2 aromatic rings. The second-order valence-corrected chi connectivity index (χ2v) is 6.67. The molecule has 2 atom stereocenters. The van der Waals surface area contributed by atoms with E-state index in [1.54, 1.807) is 18.4 Å². The lowest BCUT2D eigenvalue weighted by molar-refractivity contribution is -0.140.